The van der Waals surface area contributed by atoms with E-state index in [0.29, 0.717) is 0 Å². The van der Waals surface area contributed by atoms with E-state index in [0.717, 1.165) is 17.1 Å². The fourth-order valence-corrected chi connectivity index (χ4v) is 1.06. The zero-order valence-electron chi connectivity index (χ0n) is 11.2. The fourth-order valence-electron chi connectivity index (χ4n) is 1.06. The predicted molar refractivity (Wildman–Crippen MR) is 71.8 cm³/mol. The molecule has 3 nitrogen and oxygen atoms in total. The van der Waals surface area contributed by atoms with Crippen LogP contribution in [0.1, 0.15) is 5.69 Å². The largest absolute Gasteiger partial charge is 2.00 e. The summed E-state index contributed by atoms with van der Waals surface area (Å²) in [4.78, 5) is 4.18. The molecule has 3 radical (unpaired) electrons. The van der Waals surface area contributed by atoms with Crippen LogP contribution in [0.25, 0.3) is 11.4 Å². The van der Waals surface area contributed by atoms with Gasteiger partial charge < -0.3 is 17.3 Å². The molecule has 9 heteroatoms. The smallest absolute Gasteiger partial charge is 0.418 e. The summed E-state index contributed by atoms with van der Waals surface area (Å²) in [6.45, 7) is 8.47. The Labute approximate surface area is 135 Å². The van der Waals surface area contributed by atoms with E-state index in [1.54, 1.807) is 6.20 Å². The maximum absolute atomic E-state index is 9.75. The van der Waals surface area contributed by atoms with Gasteiger partial charge in [-0.15, -0.1) is 0 Å². The summed E-state index contributed by atoms with van der Waals surface area (Å²) in [5.41, 5.74) is 2.85. The molecule has 0 atom stereocenters. The van der Waals surface area contributed by atoms with E-state index < -0.39 is 7.25 Å². The Morgan fingerprint density at radius 2 is 1.67 bits per heavy atom. The Morgan fingerprint density at radius 3 is 2.00 bits per heavy atom. The van der Waals surface area contributed by atoms with Crippen LogP contribution in [0.4, 0.5) is 17.3 Å². The third-order valence-electron chi connectivity index (χ3n) is 1.63. The summed E-state index contributed by atoms with van der Waals surface area (Å²) < 4.78 is 39.0. The molecule has 0 aliphatic carbocycles. The predicted octanol–water partition coefficient (Wildman–Crippen LogP) is 3.94. The van der Waals surface area contributed by atoms with Crippen LogP contribution in [0.5, 0.6) is 0 Å². The topological polar surface area (TPSA) is 41.6 Å². The van der Waals surface area contributed by atoms with Gasteiger partial charge in [0.25, 0.3) is 0 Å². The van der Waals surface area contributed by atoms with Gasteiger partial charge in [0.1, 0.15) is 5.69 Å². The number of hydrogen-bond acceptors (Lipinski definition) is 2. The number of aromatic amines is 1. The first-order valence-electron chi connectivity index (χ1n) is 5.48. The van der Waals surface area contributed by atoms with Crippen molar-refractivity contribution < 1.29 is 37.7 Å². The molecule has 2 aromatic rings. The van der Waals surface area contributed by atoms with Crippen LogP contribution in [-0.2, 0) is 20.4 Å². The van der Waals surface area contributed by atoms with E-state index in [9.17, 15) is 17.3 Å². The first-order chi connectivity index (χ1) is 9.27. The number of nitrogens with zero attached hydrogens (tertiary/aromatic N) is 2. The monoisotopic (exact) mass is 393 g/mol. The minimum absolute atomic E-state index is 0. The van der Waals surface area contributed by atoms with Crippen molar-refractivity contribution in [3.63, 3.8) is 0 Å². The molecular weight excluding hydrogens is 379 g/mol. The van der Waals surface area contributed by atoms with Gasteiger partial charge in [0.15, 0.2) is 0 Å². The number of rotatable bonds is 1. The van der Waals surface area contributed by atoms with Crippen molar-refractivity contribution in [2.75, 3.05) is 0 Å². The Bertz CT molecular complexity index is 471. The molecule has 2 heterocycles. The van der Waals surface area contributed by atoms with Gasteiger partial charge in [0.2, 0.25) is 0 Å². The normalized spacial score (nSPS) is 9.48. The number of H-pyrrole nitrogens is 1. The summed E-state index contributed by atoms with van der Waals surface area (Å²) >= 11 is 0. The summed E-state index contributed by atoms with van der Waals surface area (Å²) in [5, 5.41) is 6.98. The van der Waals surface area contributed by atoms with E-state index in [2.05, 4.69) is 29.0 Å². The van der Waals surface area contributed by atoms with Crippen LogP contribution in [0.2, 0.25) is 0 Å². The van der Waals surface area contributed by atoms with Crippen molar-refractivity contribution >= 4 is 7.25 Å². The number of aromatic nitrogens is 3. The van der Waals surface area contributed by atoms with E-state index >= 15 is 0 Å². The second kappa shape index (κ2) is 11.5. The Hall–Kier alpha value is -1.19. The van der Waals surface area contributed by atoms with E-state index in [4.69, 9.17) is 0 Å². The number of aryl methyl sites for hydroxylation is 1. The minimum Gasteiger partial charge on any atom is -0.418 e. The van der Waals surface area contributed by atoms with Crippen LogP contribution in [-0.4, -0.2) is 22.4 Å². The number of halogens is 4. The second-order valence-electron chi connectivity index (χ2n) is 3.43. The first kappa shape index (κ1) is 22.1. The Kier molecular flexibility index (Phi) is 12.1. The molecule has 0 spiro atoms. The number of nitrogens with one attached hydrogen (secondary N) is 1. The third-order valence-corrected chi connectivity index (χ3v) is 1.63. The molecule has 21 heavy (non-hydrogen) atoms. The quantitative estimate of drug-likeness (QED) is 0.589. The molecule has 0 saturated heterocycles. The molecule has 2 aromatic heterocycles. The third kappa shape index (κ3) is 13.5. The molecule has 0 aliphatic heterocycles. The molecule has 1 N–H and O–H groups in total. The van der Waals surface area contributed by atoms with Gasteiger partial charge in [-0.3, -0.25) is 10.1 Å². The van der Waals surface area contributed by atoms with Crippen molar-refractivity contribution in [3.05, 3.63) is 56.4 Å². The van der Waals surface area contributed by atoms with E-state index in [-0.39, 0.29) is 20.4 Å². The Morgan fingerprint density at radius 1 is 1.14 bits per heavy atom. The summed E-state index contributed by atoms with van der Waals surface area (Å²) in [7, 11) is -6.00. The van der Waals surface area contributed by atoms with Crippen molar-refractivity contribution in [2.45, 2.75) is 6.92 Å². The fraction of sp³-hybridized carbons (Fsp3) is 0.0833. The van der Waals surface area contributed by atoms with Gasteiger partial charge in [-0.2, -0.15) is 5.10 Å². The van der Waals surface area contributed by atoms with Crippen LogP contribution in [0.3, 0.4) is 0 Å². The van der Waals surface area contributed by atoms with E-state index in [1.165, 1.54) is 6.42 Å². The average molecular weight is 393 g/mol. The first-order valence-corrected chi connectivity index (χ1v) is 5.48. The molecule has 2 rings (SSSR count). The van der Waals surface area contributed by atoms with Crippen LogP contribution in [0, 0.1) is 27.2 Å². The van der Waals surface area contributed by atoms with Crippen LogP contribution < -0.4 is 0 Å². The number of hydrogen-bond donors (Lipinski definition) is 1. The van der Waals surface area contributed by atoms with Gasteiger partial charge >= 0.3 is 27.7 Å². The van der Waals surface area contributed by atoms with Gasteiger partial charge in [-0.25, -0.2) is 0 Å². The molecule has 0 bridgehead atoms. The zero-order chi connectivity index (χ0) is 15.6. The molecule has 0 aliphatic rings. The molecule has 0 unspecified atom stereocenters. The molecule has 117 valence electrons. The molecule has 0 aromatic carbocycles. The zero-order valence-corrected chi connectivity index (χ0v) is 12.7. The molecule has 0 saturated carbocycles. The van der Waals surface area contributed by atoms with Crippen molar-refractivity contribution in [1.29, 1.82) is 0 Å². The van der Waals surface area contributed by atoms with Gasteiger partial charge in [-0.1, -0.05) is 6.07 Å². The molecule has 0 amide bonds. The standard InChI is InChI=1S/C9H9N3.C3H5.BF4.Pd/c1-7-6-9(12-11-7)8-4-2-3-5-10-8;1-3-2;2-1(3,4)5;/h2-6H,1H3,(H,11,12);3H,1-2H2;;/q;;-1;+2. The minimum atomic E-state index is -6.00. The van der Waals surface area contributed by atoms with Crippen molar-refractivity contribution in [1.82, 2.24) is 15.2 Å². The van der Waals surface area contributed by atoms with Crippen molar-refractivity contribution in [2.24, 2.45) is 0 Å². The molecule has 0 fully saturated rings. The van der Waals surface area contributed by atoms with Crippen molar-refractivity contribution in [3.8, 4) is 11.4 Å². The van der Waals surface area contributed by atoms with Gasteiger partial charge in [-0.05, 0) is 45.4 Å². The Balaban J connectivity index is 0. The second-order valence-corrected chi connectivity index (χ2v) is 3.43. The van der Waals surface area contributed by atoms with E-state index in [1.807, 2.05) is 31.2 Å². The molecular formula is C12H14BF4N3Pd+. The summed E-state index contributed by atoms with van der Waals surface area (Å²) in [6, 6.07) is 7.76. The number of pyridine rings is 1. The maximum Gasteiger partial charge on any atom is 2.00 e. The maximum atomic E-state index is 9.75. The van der Waals surface area contributed by atoms with Gasteiger partial charge in [0.05, 0.1) is 5.69 Å². The summed E-state index contributed by atoms with van der Waals surface area (Å²) in [5.74, 6) is 0. The van der Waals surface area contributed by atoms with Crippen LogP contribution in [0.15, 0.2) is 30.5 Å². The summed E-state index contributed by atoms with van der Waals surface area (Å²) in [6.07, 6.45) is 3.26. The van der Waals surface area contributed by atoms with Crippen LogP contribution >= 0.6 is 0 Å². The SMILES string of the molecule is Cc1cc(-c2ccccn2)n[nH]1.F[B-](F)(F)F.[CH2][CH][CH2].[Pd+2]. The van der Waals surface area contributed by atoms with Gasteiger partial charge in [0, 0.05) is 11.9 Å². The average Bonchev–Trinajstić information content (AvgIpc) is 2.76.